The van der Waals surface area contributed by atoms with E-state index < -0.39 is 0 Å². The average molecular weight is 299 g/mol. The summed E-state index contributed by atoms with van der Waals surface area (Å²) in [6.07, 6.45) is 2.92. The second-order valence-corrected chi connectivity index (χ2v) is 6.40. The minimum absolute atomic E-state index is 0.101. The van der Waals surface area contributed by atoms with Crippen LogP contribution in [0, 0.1) is 5.92 Å². The van der Waals surface area contributed by atoms with Crippen LogP contribution in [0.25, 0.3) is 0 Å². The van der Waals surface area contributed by atoms with Crippen molar-refractivity contribution in [2.45, 2.75) is 30.2 Å². The van der Waals surface area contributed by atoms with Crippen LogP contribution in [0.15, 0.2) is 29.2 Å². The molecule has 0 spiro atoms. The summed E-state index contributed by atoms with van der Waals surface area (Å²) in [5, 5.41) is 3.76. The van der Waals surface area contributed by atoms with Crippen molar-refractivity contribution in [3.8, 4) is 0 Å². The summed E-state index contributed by atoms with van der Waals surface area (Å²) in [7, 11) is 0. The van der Waals surface area contributed by atoms with Gasteiger partial charge >= 0.3 is 0 Å². The third-order valence-electron chi connectivity index (χ3n) is 3.20. The van der Waals surface area contributed by atoms with Gasteiger partial charge in [-0.05, 0) is 43.0 Å². The molecule has 104 valence electrons. The van der Waals surface area contributed by atoms with Crippen LogP contribution in [0.2, 0.25) is 5.02 Å². The Labute approximate surface area is 123 Å². The Morgan fingerprint density at radius 2 is 2.11 bits per heavy atom. The van der Waals surface area contributed by atoms with Crippen LogP contribution in [-0.2, 0) is 4.79 Å². The topological polar surface area (TPSA) is 55.1 Å². The number of carbonyl (C=O) groups is 1. The van der Waals surface area contributed by atoms with Crippen molar-refractivity contribution in [2.75, 3.05) is 12.3 Å². The SMILES string of the molecule is NCC(NC(=O)CCSc1ccc(Cl)cc1)C1CC1. The average Bonchev–Trinajstić information content (AvgIpc) is 3.23. The Bertz CT molecular complexity index is 420. The highest BCUT2D eigenvalue weighted by molar-refractivity contribution is 7.99. The van der Waals surface area contributed by atoms with Crippen molar-refractivity contribution >= 4 is 29.3 Å². The first-order valence-electron chi connectivity index (χ1n) is 6.57. The van der Waals surface area contributed by atoms with Crippen LogP contribution in [0.3, 0.4) is 0 Å². The number of halogens is 1. The number of carbonyl (C=O) groups excluding carboxylic acids is 1. The highest BCUT2D eigenvalue weighted by atomic mass is 35.5. The lowest BCUT2D eigenvalue weighted by atomic mass is 10.2. The monoisotopic (exact) mass is 298 g/mol. The van der Waals surface area contributed by atoms with Gasteiger partial charge in [-0.1, -0.05) is 11.6 Å². The number of rotatable bonds is 7. The molecule has 3 nitrogen and oxygen atoms in total. The molecule has 1 aromatic rings. The molecule has 0 radical (unpaired) electrons. The quantitative estimate of drug-likeness (QED) is 0.761. The molecule has 2 rings (SSSR count). The van der Waals surface area contributed by atoms with Crippen molar-refractivity contribution in [3.63, 3.8) is 0 Å². The van der Waals surface area contributed by atoms with E-state index in [1.165, 1.54) is 12.8 Å². The summed E-state index contributed by atoms with van der Waals surface area (Å²) < 4.78 is 0. The third-order valence-corrected chi connectivity index (χ3v) is 4.47. The highest BCUT2D eigenvalue weighted by Crippen LogP contribution is 2.32. The fraction of sp³-hybridized carbons (Fsp3) is 0.500. The normalized spacial score (nSPS) is 16.1. The Balaban J connectivity index is 1.67. The summed E-state index contributed by atoms with van der Waals surface area (Å²) in [6.45, 7) is 0.542. The molecule has 1 aromatic carbocycles. The highest BCUT2D eigenvalue weighted by Gasteiger charge is 2.30. The van der Waals surface area contributed by atoms with E-state index in [9.17, 15) is 4.79 Å². The second kappa shape index (κ2) is 7.17. The lowest BCUT2D eigenvalue weighted by Crippen LogP contribution is -2.41. The largest absolute Gasteiger partial charge is 0.352 e. The van der Waals surface area contributed by atoms with Gasteiger partial charge in [-0.2, -0.15) is 0 Å². The Morgan fingerprint density at radius 1 is 1.42 bits per heavy atom. The molecule has 0 aliphatic heterocycles. The van der Waals surface area contributed by atoms with Crippen LogP contribution in [0.1, 0.15) is 19.3 Å². The minimum atomic E-state index is 0.101. The molecule has 1 fully saturated rings. The molecule has 1 amide bonds. The molecule has 1 saturated carbocycles. The van der Waals surface area contributed by atoms with Crippen molar-refractivity contribution < 1.29 is 4.79 Å². The van der Waals surface area contributed by atoms with Gasteiger partial charge in [0.05, 0.1) is 0 Å². The number of nitrogens with one attached hydrogen (secondary N) is 1. The van der Waals surface area contributed by atoms with E-state index >= 15 is 0 Å². The van der Waals surface area contributed by atoms with Gasteiger partial charge in [0.2, 0.25) is 5.91 Å². The molecule has 1 aliphatic carbocycles. The minimum Gasteiger partial charge on any atom is -0.352 e. The maximum atomic E-state index is 11.8. The van der Waals surface area contributed by atoms with Gasteiger partial charge in [0.15, 0.2) is 0 Å². The third kappa shape index (κ3) is 5.05. The predicted octanol–water partition coefficient (Wildman–Crippen LogP) is 2.68. The number of nitrogens with two attached hydrogens (primary N) is 1. The Morgan fingerprint density at radius 3 is 2.68 bits per heavy atom. The standard InChI is InChI=1S/C14H19ClN2OS/c15-11-3-5-12(6-4-11)19-8-7-14(18)17-13(9-16)10-1-2-10/h3-6,10,13H,1-2,7-9,16H2,(H,17,18). The van der Waals surface area contributed by atoms with E-state index in [1.807, 2.05) is 24.3 Å². The first kappa shape index (κ1) is 14.7. The molecule has 5 heteroatoms. The first-order valence-corrected chi connectivity index (χ1v) is 7.93. The van der Waals surface area contributed by atoms with Crippen LogP contribution in [-0.4, -0.2) is 24.2 Å². The summed E-state index contributed by atoms with van der Waals surface area (Å²) in [5.41, 5.74) is 5.66. The van der Waals surface area contributed by atoms with Gasteiger partial charge in [-0.25, -0.2) is 0 Å². The van der Waals surface area contributed by atoms with E-state index in [0.717, 1.165) is 15.7 Å². The summed E-state index contributed by atoms with van der Waals surface area (Å²) >= 11 is 7.49. The van der Waals surface area contributed by atoms with Crippen molar-refractivity contribution in [1.82, 2.24) is 5.32 Å². The van der Waals surface area contributed by atoms with Crippen molar-refractivity contribution in [1.29, 1.82) is 0 Å². The zero-order valence-corrected chi connectivity index (χ0v) is 12.3. The first-order chi connectivity index (χ1) is 9.19. The van der Waals surface area contributed by atoms with E-state index in [-0.39, 0.29) is 11.9 Å². The lowest BCUT2D eigenvalue weighted by Gasteiger charge is -2.15. The molecular formula is C14H19ClN2OS. The molecule has 1 atom stereocenters. The summed E-state index contributed by atoms with van der Waals surface area (Å²) in [5.74, 6) is 1.48. The van der Waals surface area contributed by atoms with Gasteiger partial charge in [0, 0.05) is 34.7 Å². The maximum Gasteiger partial charge on any atom is 0.221 e. The maximum absolute atomic E-state index is 11.8. The number of hydrogen-bond donors (Lipinski definition) is 2. The van der Waals surface area contributed by atoms with Gasteiger partial charge in [0.25, 0.3) is 0 Å². The summed E-state index contributed by atoms with van der Waals surface area (Å²) in [6, 6.07) is 7.84. The van der Waals surface area contributed by atoms with Gasteiger partial charge in [-0.3, -0.25) is 4.79 Å². The molecule has 0 heterocycles. The fourth-order valence-corrected chi connectivity index (χ4v) is 2.92. The lowest BCUT2D eigenvalue weighted by molar-refractivity contribution is -0.121. The molecule has 1 aliphatic rings. The number of benzene rings is 1. The molecule has 3 N–H and O–H groups in total. The zero-order valence-electron chi connectivity index (χ0n) is 10.8. The molecular weight excluding hydrogens is 280 g/mol. The van der Waals surface area contributed by atoms with Crippen LogP contribution in [0.4, 0.5) is 0 Å². The van der Waals surface area contributed by atoms with Gasteiger partial charge in [0.1, 0.15) is 0 Å². The number of amides is 1. The second-order valence-electron chi connectivity index (χ2n) is 4.80. The number of hydrogen-bond acceptors (Lipinski definition) is 3. The van der Waals surface area contributed by atoms with Gasteiger partial charge < -0.3 is 11.1 Å². The zero-order chi connectivity index (χ0) is 13.7. The van der Waals surface area contributed by atoms with E-state index in [2.05, 4.69) is 5.32 Å². The van der Waals surface area contributed by atoms with Crippen LogP contribution < -0.4 is 11.1 Å². The van der Waals surface area contributed by atoms with Gasteiger partial charge in [-0.15, -0.1) is 11.8 Å². The van der Waals surface area contributed by atoms with Crippen molar-refractivity contribution in [2.24, 2.45) is 11.7 Å². The van der Waals surface area contributed by atoms with E-state index in [4.69, 9.17) is 17.3 Å². The smallest absolute Gasteiger partial charge is 0.221 e. The molecule has 0 bridgehead atoms. The Hall–Kier alpha value is -0.710. The van der Waals surface area contributed by atoms with Crippen molar-refractivity contribution in [3.05, 3.63) is 29.3 Å². The predicted molar refractivity (Wildman–Crippen MR) is 80.5 cm³/mol. The molecule has 0 saturated heterocycles. The molecule has 1 unspecified atom stereocenters. The fourth-order valence-electron chi connectivity index (χ4n) is 1.94. The summed E-state index contributed by atoms with van der Waals surface area (Å²) in [4.78, 5) is 12.9. The van der Waals surface area contributed by atoms with Crippen LogP contribution >= 0.6 is 23.4 Å². The number of thioether (sulfide) groups is 1. The molecule has 0 aromatic heterocycles. The molecule has 19 heavy (non-hydrogen) atoms. The Kier molecular flexibility index (Phi) is 5.55. The van der Waals surface area contributed by atoms with E-state index in [1.54, 1.807) is 11.8 Å². The van der Waals surface area contributed by atoms with Crippen LogP contribution in [0.5, 0.6) is 0 Å². The van der Waals surface area contributed by atoms with E-state index in [0.29, 0.717) is 18.9 Å².